The minimum atomic E-state index is -1.05. The van der Waals surface area contributed by atoms with Gasteiger partial charge in [0.05, 0.1) is 11.7 Å². The van der Waals surface area contributed by atoms with Crippen molar-refractivity contribution in [2.45, 2.75) is 45.8 Å². The van der Waals surface area contributed by atoms with Gasteiger partial charge in [-0.15, -0.1) is 0 Å². The predicted octanol–water partition coefficient (Wildman–Crippen LogP) is 1.98. The summed E-state index contributed by atoms with van der Waals surface area (Å²) in [5.74, 6) is 0. The van der Waals surface area contributed by atoms with E-state index in [1.54, 1.807) is 13.8 Å². The van der Waals surface area contributed by atoms with E-state index in [4.69, 9.17) is 0 Å². The predicted molar refractivity (Wildman–Crippen MR) is 61.9 cm³/mol. The van der Waals surface area contributed by atoms with Crippen molar-refractivity contribution in [3.8, 4) is 0 Å². The molecule has 1 aromatic rings. The minimum Gasteiger partial charge on any atom is -0.390 e. The van der Waals surface area contributed by atoms with Crippen LogP contribution in [0.4, 0.5) is 0 Å². The average molecular weight is 208 g/mol. The molecule has 0 saturated carbocycles. The highest BCUT2D eigenvalue weighted by Gasteiger charge is 2.25. The van der Waals surface area contributed by atoms with E-state index >= 15 is 0 Å². The molecule has 0 saturated heterocycles. The van der Waals surface area contributed by atoms with Crippen molar-refractivity contribution in [2.24, 2.45) is 0 Å². The summed E-state index contributed by atoms with van der Waals surface area (Å²) in [6.07, 6.45) is -0.223. The Hall–Kier alpha value is -0.860. The minimum absolute atomic E-state index is 0.502. The number of hydrogen-bond acceptors (Lipinski definition) is 2. The normalized spacial score (nSPS) is 14.0. The van der Waals surface area contributed by atoms with E-state index in [-0.39, 0.29) is 0 Å². The van der Waals surface area contributed by atoms with Crippen molar-refractivity contribution in [1.82, 2.24) is 0 Å². The molecule has 0 radical (unpaired) electrons. The van der Waals surface area contributed by atoms with Crippen LogP contribution in [0, 0.1) is 13.8 Å². The van der Waals surface area contributed by atoms with Gasteiger partial charge in [-0.2, -0.15) is 0 Å². The van der Waals surface area contributed by atoms with Crippen LogP contribution in [0.15, 0.2) is 18.2 Å². The Morgan fingerprint density at radius 1 is 1.20 bits per heavy atom. The van der Waals surface area contributed by atoms with Crippen molar-refractivity contribution in [1.29, 1.82) is 0 Å². The second-order valence-electron chi connectivity index (χ2n) is 4.74. The summed E-state index contributed by atoms with van der Waals surface area (Å²) < 4.78 is 0. The quantitative estimate of drug-likeness (QED) is 0.797. The van der Waals surface area contributed by atoms with Gasteiger partial charge in [0.15, 0.2) is 0 Å². The van der Waals surface area contributed by atoms with E-state index in [1.165, 1.54) is 11.1 Å². The number of benzene rings is 1. The zero-order valence-corrected chi connectivity index (χ0v) is 9.91. The molecule has 0 spiro atoms. The fourth-order valence-corrected chi connectivity index (χ4v) is 1.61. The summed E-state index contributed by atoms with van der Waals surface area (Å²) in [6, 6.07) is 6.06. The second kappa shape index (κ2) is 4.33. The van der Waals surface area contributed by atoms with E-state index in [0.717, 1.165) is 5.56 Å². The summed E-state index contributed by atoms with van der Waals surface area (Å²) in [4.78, 5) is 0. The molecule has 0 fully saturated rings. The van der Waals surface area contributed by atoms with Crippen LogP contribution in [0.1, 0.15) is 30.5 Å². The van der Waals surface area contributed by atoms with Crippen molar-refractivity contribution in [2.75, 3.05) is 0 Å². The van der Waals surface area contributed by atoms with Crippen molar-refractivity contribution < 1.29 is 10.2 Å². The molecule has 84 valence electrons. The Kier molecular flexibility index (Phi) is 3.53. The molecular formula is C13H20O2. The van der Waals surface area contributed by atoms with E-state index in [1.807, 2.05) is 32.0 Å². The Balaban J connectivity index is 2.90. The van der Waals surface area contributed by atoms with Crippen molar-refractivity contribution >= 4 is 0 Å². The first-order valence-corrected chi connectivity index (χ1v) is 5.28. The van der Waals surface area contributed by atoms with Gasteiger partial charge in [-0.25, -0.2) is 0 Å². The van der Waals surface area contributed by atoms with Gasteiger partial charge in [-0.05, 0) is 44.4 Å². The molecule has 15 heavy (non-hydrogen) atoms. The molecule has 0 aromatic heterocycles. The first kappa shape index (κ1) is 12.2. The van der Waals surface area contributed by atoms with E-state index in [2.05, 4.69) is 0 Å². The topological polar surface area (TPSA) is 40.5 Å². The molecule has 0 heterocycles. The van der Waals surface area contributed by atoms with E-state index in [0.29, 0.717) is 6.42 Å². The maximum atomic E-state index is 9.84. The molecule has 1 atom stereocenters. The highest BCUT2D eigenvalue weighted by molar-refractivity contribution is 5.34. The van der Waals surface area contributed by atoms with Gasteiger partial charge >= 0.3 is 0 Å². The van der Waals surface area contributed by atoms with Crippen LogP contribution in [-0.4, -0.2) is 21.9 Å². The molecule has 2 heteroatoms. The maximum absolute atomic E-state index is 9.84. The zero-order valence-electron chi connectivity index (χ0n) is 9.91. The van der Waals surface area contributed by atoms with Crippen LogP contribution in [-0.2, 0) is 6.42 Å². The van der Waals surface area contributed by atoms with Gasteiger partial charge in [0.1, 0.15) is 0 Å². The SMILES string of the molecule is Cc1cccc(C)c1CC(O)C(C)(C)O. The van der Waals surface area contributed by atoms with Crippen LogP contribution in [0.5, 0.6) is 0 Å². The van der Waals surface area contributed by atoms with Crippen LogP contribution in [0.2, 0.25) is 0 Å². The Labute approximate surface area is 91.6 Å². The molecular weight excluding hydrogens is 188 g/mol. The molecule has 0 amide bonds. The molecule has 0 bridgehead atoms. The van der Waals surface area contributed by atoms with Crippen LogP contribution in [0.25, 0.3) is 0 Å². The van der Waals surface area contributed by atoms with E-state index in [9.17, 15) is 10.2 Å². The lowest BCUT2D eigenvalue weighted by atomic mass is 9.91. The standard InChI is InChI=1S/C13H20O2/c1-9-6-5-7-10(2)11(9)8-12(14)13(3,4)15/h5-7,12,14-15H,8H2,1-4H3. The maximum Gasteiger partial charge on any atom is 0.0862 e. The Morgan fingerprint density at radius 3 is 2.07 bits per heavy atom. The molecule has 0 aliphatic carbocycles. The molecule has 0 aliphatic rings. The lowest BCUT2D eigenvalue weighted by Crippen LogP contribution is -2.37. The second-order valence-corrected chi connectivity index (χ2v) is 4.74. The highest BCUT2D eigenvalue weighted by atomic mass is 16.3. The monoisotopic (exact) mass is 208 g/mol. The van der Waals surface area contributed by atoms with Gasteiger partial charge in [-0.3, -0.25) is 0 Å². The summed E-state index contributed by atoms with van der Waals surface area (Å²) >= 11 is 0. The van der Waals surface area contributed by atoms with Crippen LogP contribution < -0.4 is 0 Å². The van der Waals surface area contributed by atoms with Gasteiger partial charge in [0.25, 0.3) is 0 Å². The highest BCUT2D eigenvalue weighted by Crippen LogP contribution is 2.19. The molecule has 2 nitrogen and oxygen atoms in total. The third-order valence-corrected chi connectivity index (χ3v) is 2.86. The fourth-order valence-electron chi connectivity index (χ4n) is 1.61. The molecule has 0 aliphatic heterocycles. The number of aryl methyl sites for hydroxylation is 2. The largest absolute Gasteiger partial charge is 0.390 e. The zero-order chi connectivity index (χ0) is 11.6. The van der Waals surface area contributed by atoms with Gasteiger partial charge < -0.3 is 10.2 Å². The van der Waals surface area contributed by atoms with Crippen molar-refractivity contribution in [3.63, 3.8) is 0 Å². The number of hydrogen-bond donors (Lipinski definition) is 2. The molecule has 1 aromatic carbocycles. The van der Waals surface area contributed by atoms with Gasteiger partial charge in [0.2, 0.25) is 0 Å². The Morgan fingerprint density at radius 2 is 1.67 bits per heavy atom. The summed E-state index contributed by atoms with van der Waals surface area (Å²) in [6.45, 7) is 7.31. The third-order valence-electron chi connectivity index (χ3n) is 2.86. The van der Waals surface area contributed by atoms with Gasteiger partial charge in [0, 0.05) is 6.42 Å². The summed E-state index contributed by atoms with van der Waals surface area (Å²) in [5.41, 5.74) is 2.41. The average Bonchev–Trinajstić information content (AvgIpc) is 2.09. The smallest absolute Gasteiger partial charge is 0.0862 e. The van der Waals surface area contributed by atoms with Crippen LogP contribution >= 0.6 is 0 Å². The molecule has 1 rings (SSSR count). The first-order valence-electron chi connectivity index (χ1n) is 5.28. The first-order chi connectivity index (χ1) is 6.82. The molecule has 1 unspecified atom stereocenters. The summed E-state index contributed by atoms with van der Waals surface area (Å²) in [7, 11) is 0. The lowest BCUT2D eigenvalue weighted by molar-refractivity contribution is -0.0470. The third kappa shape index (κ3) is 3.05. The van der Waals surface area contributed by atoms with Crippen LogP contribution in [0.3, 0.4) is 0 Å². The number of rotatable bonds is 3. The lowest BCUT2D eigenvalue weighted by Gasteiger charge is -2.25. The van der Waals surface area contributed by atoms with E-state index < -0.39 is 11.7 Å². The fraction of sp³-hybridized carbons (Fsp3) is 0.538. The molecule has 2 N–H and O–H groups in total. The number of aliphatic hydroxyl groups excluding tert-OH is 1. The van der Waals surface area contributed by atoms with Gasteiger partial charge in [-0.1, -0.05) is 18.2 Å². The Bertz CT molecular complexity index is 317. The van der Waals surface area contributed by atoms with Crippen molar-refractivity contribution in [3.05, 3.63) is 34.9 Å². The summed E-state index contributed by atoms with van der Waals surface area (Å²) in [5, 5.41) is 19.5. The number of aliphatic hydroxyl groups is 2.